The van der Waals surface area contributed by atoms with Crippen LogP contribution in [0.1, 0.15) is 17.3 Å². The second-order valence-electron chi connectivity index (χ2n) is 5.90. The number of hydrogen-bond donors (Lipinski definition) is 1. The van der Waals surface area contributed by atoms with Crippen LogP contribution in [-0.4, -0.2) is 16.6 Å². The first-order chi connectivity index (χ1) is 13.7. The summed E-state index contributed by atoms with van der Waals surface area (Å²) in [5.41, 5.74) is 1.36. The fraction of sp³-hybridized carbons (Fsp3) is 0.0952. The molecule has 0 bridgehead atoms. The van der Waals surface area contributed by atoms with Gasteiger partial charge in [0.15, 0.2) is 4.34 Å². The van der Waals surface area contributed by atoms with Crippen molar-refractivity contribution in [2.24, 2.45) is 0 Å². The number of para-hydroxylation sites is 1. The van der Waals surface area contributed by atoms with E-state index in [0.717, 1.165) is 15.7 Å². The first-order valence-corrected chi connectivity index (χ1v) is 10.5. The average Bonchev–Trinajstić information content (AvgIpc) is 3.10. The zero-order chi connectivity index (χ0) is 19.5. The van der Waals surface area contributed by atoms with Crippen LogP contribution in [0.15, 0.2) is 74.2 Å². The maximum Gasteiger partial charge on any atom is 0.349 e. The first kappa shape index (κ1) is 18.5. The first-order valence-electron chi connectivity index (χ1n) is 8.69. The second-order valence-corrected chi connectivity index (χ2v) is 8.41. The number of carbonyl (C=O) groups is 1. The largest absolute Gasteiger partial charge is 0.422 e. The summed E-state index contributed by atoms with van der Waals surface area (Å²) in [6.07, 6.45) is 0. The van der Waals surface area contributed by atoms with Crippen molar-refractivity contribution in [2.75, 3.05) is 11.1 Å². The Kier molecular flexibility index (Phi) is 5.27. The van der Waals surface area contributed by atoms with Crippen molar-refractivity contribution in [3.63, 3.8) is 0 Å². The third-order valence-electron chi connectivity index (χ3n) is 4.04. The van der Waals surface area contributed by atoms with E-state index < -0.39 is 11.5 Å². The third kappa shape index (κ3) is 3.72. The average molecular weight is 409 g/mol. The van der Waals surface area contributed by atoms with Gasteiger partial charge < -0.3 is 9.73 Å². The van der Waals surface area contributed by atoms with Gasteiger partial charge in [-0.25, -0.2) is 9.78 Å². The predicted molar refractivity (Wildman–Crippen MR) is 114 cm³/mol. The normalized spacial score (nSPS) is 10.9. The van der Waals surface area contributed by atoms with Crippen LogP contribution >= 0.6 is 23.1 Å². The van der Waals surface area contributed by atoms with Gasteiger partial charge in [0.2, 0.25) is 0 Å². The molecule has 2 heterocycles. The van der Waals surface area contributed by atoms with Gasteiger partial charge in [0.05, 0.1) is 0 Å². The molecule has 0 aliphatic carbocycles. The molecule has 7 heteroatoms. The SMILES string of the molecule is CCSc1nc(-c2ccccc2)c(NC(=O)c2cc3ccccc3oc2=O)s1. The van der Waals surface area contributed by atoms with Crippen molar-refractivity contribution in [1.82, 2.24) is 4.98 Å². The number of anilines is 1. The van der Waals surface area contributed by atoms with Gasteiger partial charge in [-0.15, -0.1) is 0 Å². The van der Waals surface area contributed by atoms with E-state index in [1.165, 1.54) is 11.3 Å². The summed E-state index contributed by atoms with van der Waals surface area (Å²) in [6.45, 7) is 2.05. The number of nitrogens with one attached hydrogen (secondary N) is 1. The van der Waals surface area contributed by atoms with Crippen molar-refractivity contribution in [3.8, 4) is 11.3 Å². The molecular weight excluding hydrogens is 392 g/mol. The van der Waals surface area contributed by atoms with Crippen LogP contribution in [-0.2, 0) is 0 Å². The molecule has 5 nitrogen and oxygen atoms in total. The Bertz CT molecular complexity index is 1200. The molecule has 1 N–H and O–H groups in total. The Morgan fingerprint density at radius 3 is 2.68 bits per heavy atom. The molecule has 0 spiro atoms. The highest BCUT2D eigenvalue weighted by Gasteiger charge is 2.19. The molecular formula is C21H16N2O3S2. The van der Waals surface area contributed by atoms with E-state index in [1.807, 2.05) is 43.3 Å². The lowest BCUT2D eigenvalue weighted by Crippen LogP contribution is -2.20. The molecule has 2 aromatic heterocycles. The topological polar surface area (TPSA) is 72.2 Å². The van der Waals surface area contributed by atoms with E-state index >= 15 is 0 Å². The number of nitrogens with zero attached hydrogens (tertiary/aromatic N) is 1. The Hall–Kier alpha value is -2.90. The van der Waals surface area contributed by atoms with Crippen molar-refractivity contribution in [1.29, 1.82) is 0 Å². The molecule has 0 fully saturated rings. The molecule has 28 heavy (non-hydrogen) atoms. The van der Waals surface area contributed by atoms with Crippen LogP contribution in [0, 0.1) is 0 Å². The van der Waals surface area contributed by atoms with Gasteiger partial charge in [-0.3, -0.25) is 4.79 Å². The Balaban J connectivity index is 1.72. The van der Waals surface area contributed by atoms with Crippen molar-refractivity contribution in [2.45, 2.75) is 11.3 Å². The molecule has 0 saturated carbocycles. The molecule has 4 aromatic rings. The van der Waals surface area contributed by atoms with E-state index in [4.69, 9.17) is 4.42 Å². The van der Waals surface area contributed by atoms with Gasteiger partial charge in [-0.05, 0) is 17.9 Å². The van der Waals surface area contributed by atoms with Crippen LogP contribution in [0.3, 0.4) is 0 Å². The second kappa shape index (κ2) is 8.00. The van der Waals surface area contributed by atoms with Gasteiger partial charge in [-0.1, -0.05) is 78.6 Å². The number of hydrogen-bond acceptors (Lipinski definition) is 6. The highest BCUT2D eigenvalue weighted by Crippen LogP contribution is 2.37. The predicted octanol–water partition coefficient (Wildman–Crippen LogP) is 5.28. The summed E-state index contributed by atoms with van der Waals surface area (Å²) < 4.78 is 6.14. The quantitative estimate of drug-likeness (QED) is 0.359. The maximum absolute atomic E-state index is 12.8. The zero-order valence-corrected chi connectivity index (χ0v) is 16.6. The molecule has 0 aliphatic rings. The minimum atomic E-state index is -0.662. The molecule has 2 aromatic carbocycles. The van der Waals surface area contributed by atoms with Crippen LogP contribution in [0.2, 0.25) is 0 Å². The standard InChI is InChI=1S/C21H16N2O3S2/c1-2-27-21-22-17(13-8-4-3-5-9-13)19(28-21)23-18(24)15-12-14-10-6-7-11-16(14)26-20(15)25/h3-12H,2H2,1H3,(H,23,24). The van der Waals surface area contributed by atoms with Crippen LogP contribution in [0.25, 0.3) is 22.2 Å². The molecule has 0 aliphatic heterocycles. The molecule has 0 atom stereocenters. The number of carbonyl (C=O) groups excluding carboxylic acids is 1. The van der Waals surface area contributed by atoms with E-state index in [0.29, 0.717) is 21.7 Å². The molecule has 1 amide bonds. The van der Waals surface area contributed by atoms with E-state index in [-0.39, 0.29) is 5.56 Å². The lowest BCUT2D eigenvalue weighted by molar-refractivity contribution is 0.102. The van der Waals surface area contributed by atoms with Gasteiger partial charge in [0.25, 0.3) is 5.91 Å². The number of amides is 1. The number of thiazole rings is 1. The van der Waals surface area contributed by atoms with E-state index in [9.17, 15) is 9.59 Å². The summed E-state index contributed by atoms with van der Waals surface area (Å²) in [6, 6.07) is 18.3. The highest BCUT2D eigenvalue weighted by atomic mass is 32.2. The maximum atomic E-state index is 12.8. The third-order valence-corrected chi connectivity index (χ3v) is 6.03. The van der Waals surface area contributed by atoms with Gasteiger partial charge in [0.1, 0.15) is 21.8 Å². The molecule has 0 unspecified atom stereocenters. The Morgan fingerprint density at radius 1 is 1.14 bits per heavy atom. The van der Waals surface area contributed by atoms with Gasteiger partial charge >= 0.3 is 5.63 Å². The fourth-order valence-electron chi connectivity index (χ4n) is 2.75. The van der Waals surface area contributed by atoms with Gasteiger partial charge in [-0.2, -0.15) is 0 Å². The lowest BCUT2D eigenvalue weighted by atomic mass is 10.1. The molecule has 0 radical (unpaired) electrons. The summed E-state index contributed by atoms with van der Waals surface area (Å²) in [5.74, 6) is 0.372. The monoisotopic (exact) mass is 408 g/mol. The van der Waals surface area contributed by atoms with Crippen LogP contribution in [0.5, 0.6) is 0 Å². The number of rotatable bonds is 5. The van der Waals surface area contributed by atoms with Crippen LogP contribution < -0.4 is 10.9 Å². The highest BCUT2D eigenvalue weighted by molar-refractivity contribution is 8.01. The van der Waals surface area contributed by atoms with Crippen molar-refractivity contribution < 1.29 is 9.21 Å². The Morgan fingerprint density at radius 2 is 1.89 bits per heavy atom. The van der Waals surface area contributed by atoms with Crippen molar-refractivity contribution >= 4 is 45.0 Å². The minimum absolute atomic E-state index is 0.0317. The minimum Gasteiger partial charge on any atom is -0.422 e. The fourth-order valence-corrected chi connectivity index (χ4v) is 4.71. The summed E-state index contributed by atoms with van der Waals surface area (Å²) >= 11 is 3.01. The number of benzene rings is 2. The molecule has 4 rings (SSSR count). The molecule has 140 valence electrons. The van der Waals surface area contributed by atoms with Crippen molar-refractivity contribution in [3.05, 3.63) is 76.6 Å². The molecule has 0 saturated heterocycles. The smallest absolute Gasteiger partial charge is 0.349 e. The summed E-state index contributed by atoms with van der Waals surface area (Å²) in [7, 11) is 0. The number of fused-ring (bicyclic) bond motifs is 1. The number of aromatic nitrogens is 1. The van der Waals surface area contributed by atoms with E-state index in [2.05, 4.69) is 10.3 Å². The number of thioether (sulfide) groups is 1. The summed E-state index contributed by atoms with van der Waals surface area (Å²) in [4.78, 5) is 29.8. The lowest BCUT2D eigenvalue weighted by Gasteiger charge is -2.05. The van der Waals surface area contributed by atoms with E-state index in [1.54, 1.807) is 36.0 Å². The van der Waals surface area contributed by atoms with Crippen LogP contribution in [0.4, 0.5) is 5.00 Å². The summed E-state index contributed by atoms with van der Waals surface area (Å²) in [5, 5.41) is 4.16. The van der Waals surface area contributed by atoms with Gasteiger partial charge in [0, 0.05) is 10.9 Å². The Labute approximate surface area is 169 Å². The zero-order valence-electron chi connectivity index (χ0n) is 15.0.